The standard InChI is InChI=1S/C23H21ClN2O/c1-16-14-21(6-7-22(16)18-8-11-25-12-9-18)26-13-10-19(23(26)27)15-17-2-4-20(24)5-3-17/h2-9,11-12,14,19H,10,13,15H2,1H3. The first-order chi connectivity index (χ1) is 13.1. The van der Waals surface area contributed by atoms with Gasteiger partial charge in [0.1, 0.15) is 0 Å². The van der Waals surface area contributed by atoms with Gasteiger partial charge in [0.25, 0.3) is 0 Å². The van der Waals surface area contributed by atoms with E-state index in [2.05, 4.69) is 24.0 Å². The van der Waals surface area contributed by atoms with Gasteiger partial charge in [0.2, 0.25) is 5.91 Å². The van der Waals surface area contributed by atoms with E-state index in [0.717, 1.165) is 46.8 Å². The number of hydrogen-bond donors (Lipinski definition) is 0. The van der Waals surface area contributed by atoms with Gasteiger partial charge in [-0.15, -0.1) is 0 Å². The summed E-state index contributed by atoms with van der Waals surface area (Å²) in [6.45, 7) is 2.86. The average molecular weight is 377 g/mol. The van der Waals surface area contributed by atoms with Crippen LogP contribution in [0, 0.1) is 12.8 Å². The summed E-state index contributed by atoms with van der Waals surface area (Å²) in [7, 11) is 0. The zero-order valence-electron chi connectivity index (χ0n) is 15.2. The number of rotatable bonds is 4. The normalized spacial score (nSPS) is 16.7. The Labute approximate surface area is 164 Å². The Morgan fingerprint density at radius 2 is 1.81 bits per heavy atom. The van der Waals surface area contributed by atoms with Gasteiger partial charge in [-0.3, -0.25) is 9.78 Å². The Balaban J connectivity index is 1.51. The molecule has 0 spiro atoms. The molecule has 1 aromatic heterocycles. The summed E-state index contributed by atoms with van der Waals surface area (Å²) in [5.41, 5.74) is 5.61. The fourth-order valence-corrected chi connectivity index (χ4v) is 3.89. The number of hydrogen-bond acceptors (Lipinski definition) is 2. The summed E-state index contributed by atoms with van der Waals surface area (Å²) >= 11 is 5.95. The van der Waals surface area contributed by atoms with Crippen LogP contribution in [0.4, 0.5) is 5.69 Å². The quantitative estimate of drug-likeness (QED) is 0.618. The van der Waals surface area contributed by atoms with Crippen molar-refractivity contribution in [2.75, 3.05) is 11.4 Å². The van der Waals surface area contributed by atoms with E-state index in [0.29, 0.717) is 0 Å². The molecular weight excluding hydrogens is 356 g/mol. The molecule has 136 valence electrons. The summed E-state index contributed by atoms with van der Waals surface area (Å²) in [6, 6.07) is 18.0. The molecule has 1 amide bonds. The molecule has 1 unspecified atom stereocenters. The van der Waals surface area contributed by atoms with Crippen molar-refractivity contribution in [3.63, 3.8) is 0 Å². The maximum absolute atomic E-state index is 12.9. The number of amides is 1. The largest absolute Gasteiger partial charge is 0.312 e. The lowest BCUT2D eigenvalue weighted by molar-refractivity contribution is -0.120. The highest BCUT2D eigenvalue weighted by Crippen LogP contribution is 2.31. The topological polar surface area (TPSA) is 33.2 Å². The molecule has 1 aliphatic rings. The number of halogens is 1. The molecule has 1 saturated heterocycles. The van der Waals surface area contributed by atoms with Crippen LogP contribution in [0.2, 0.25) is 5.02 Å². The molecule has 1 atom stereocenters. The molecule has 0 saturated carbocycles. The van der Waals surface area contributed by atoms with Gasteiger partial charge in [0.15, 0.2) is 0 Å². The van der Waals surface area contributed by atoms with Crippen molar-refractivity contribution in [2.24, 2.45) is 5.92 Å². The predicted molar refractivity (Wildman–Crippen MR) is 110 cm³/mol. The Kier molecular flexibility index (Phi) is 4.95. The number of carbonyl (C=O) groups excluding carboxylic acids is 1. The van der Waals surface area contributed by atoms with Crippen molar-refractivity contribution in [1.29, 1.82) is 0 Å². The molecule has 3 aromatic rings. The van der Waals surface area contributed by atoms with Gasteiger partial charge in [0.05, 0.1) is 0 Å². The first kappa shape index (κ1) is 17.7. The maximum Gasteiger partial charge on any atom is 0.230 e. The van der Waals surface area contributed by atoms with Gasteiger partial charge >= 0.3 is 0 Å². The number of aryl methyl sites for hydroxylation is 1. The van der Waals surface area contributed by atoms with Crippen molar-refractivity contribution in [3.8, 4) is 11.1 Å². The van der Waals surface area contributed by atoms with Crippen LogP contribution in [-0.2, 0) is 11.2 Å². The number of carbonyl (C=O) groups is 1. The minimum Gasteiger partial charge on any atom is -0.312 e. The van der Waals surface area contributed by atoms with Crippen LogP contribution >= 0.6 is 11.6 Å². The molecule has 0 N–H and O–H groups in total. The fourth-order valence-electron chi connectivity index (χ4n) is 3.76. The number of pyridine rings is 1. The molecule has 0 radical (unpaired) electrons. The van der Waals surface area contributed by atoms with E-state index in [1.165, 1.54) is 5.56 Å². The van der Waals surface area contributed by atoms with Crippen LogP contribution in [0.5, 0.6) is 0 Å². The zero-order chi connectivity index (χ0) is 18.8. The van der Waals surface area contributed by atoms with Crippen molar-refractivity contribution in [3.05, 3.63) is 83.1 Å². The summed E-state index contributed by atoms with van der Waals surface area (Å²) in [4.78, 5) is 18.9. The van der Waals surface area contributed by atoms with Gasteiger partial charge in [-0.05, 0) is 78.4 Å². The van der Waals surface area contributed by atoms with E-state index in [1.807, 2.05) is 47.4 Å². The molecule has 1 aliphatic heterocycles. The van der Waals surface area contributed by atoms with Crippen molar-refractivity contribution in [1.82, 2.24) is 4.98 Å². The summed E-state index contributed by atoms with van der Waals surface area (Å²) in [6.07, 6.45) is 5.25. The maximum atomic E-state index is 12.9. The molecule has 1 fully saturated rings. The Bertz CT molecular complexity index is 954. The van der Waals surface area contributed by atoms with E-state index in [-0.39, 0.29) is 11.8 Å². The van der Waals surface area contributed by atoms with Crippen molar-refractivity contribution < 1.29 is 4.79 Å². The number of benzene rings is 2. The monoisotopic (exact) mass is 376 g/mol. The molecule has 4 rings (SSSR count). The van der Waals surface area contributed by atoms with E-state index in [9.17, 15) is 4.79 Å². The second-order valence-corrected chi connectivity index (χ2v) is 7.48. The van der Waals surface area contributed by atoms with E-state index in [4.69, 9.17) is 11.6 Å². The van der Waals surface area contributed by atoms with Crippen LogP contribution in [0.1, 0.15) is 17.5 Å². The van der Waals surface area contributed by atoms with E-state index < -0.39 is 0 Å². The van der Waals surface area contributed by atoms with Gasteiger partial charge in [0, 0.05) is 35.6 Å². The SMILES string of the molecule is Cc1cc(N2CCC(Cc3ccc(Cl)cc3)C2=O)ccc1-c1ccncc1. The van der Waals surface area contributed by atoms with Crippen LogP contribution < -0.4 is 4.90 Å². The lowest BCUT2D eigenvalue weighted by Crippen LogP contribution is -2.27. The molecule has 27 heavy (non-hydrogen) atoms. The second-order valence-electron chi connectivity index (χ2n) is 7.04. The van der Waals surface area contributed by atoms with Crippen LogP contribution in [0.25, 0.3) is 11.1 Å². The van der Waals surface area contributed by atoms with E-state index >= 15 is 0 Å². The second kappa shape index (κ2) is 7.53. The van der Waals surface area contributed by atoms with Crippen LogP contribution in [0.15, 0.2) is 67.0 Å². The molecule has 0 aliphatic carbocycles. The Hall–Kier alpha value is -2.65. The molecule has 3 nitrogen and oxygen atoms in total. The number of anilines is 1. The molecule has 2 heterocycles. The third-order valence-corrected chi connectivity index (χ3v) is 5.48. The summed E-state index contributed by atoms with van der Waals surface area (Å²) < 4.78 is 0. The zero-order valence-corrected chi connectivity index (χ0v) is 16.0. The minimum absolute atomic E-state index is 0.0337. The van der Waals surface area contributed by atoms with Crippen LogP contribution in [-0.4, -0.2) is 17.4 Å². The smallest absolute Gasteiger partial charge is 0.230 e. The van der Waals surface area contributed by atoms with Crippen LogP contribution in [0.3, 0.4) is 0 Å². The van der Waals surface area contributed by atoms with Gasteiger partial charge in [-0.1, -0.05) is 29.8 Å². The third kappa shape index (κ3) is 3.74. The fraction of sp³-hybridized carbons (Fsp3) is 0.217. The number of nitrogens with zero attached hydrogens (tertiary/aromatic N) is 2. The number of aromatic nitrogens is 1. The molecule has 2 aromatic carbocycles. The van der Waals surface area contributed by atoms with Gasteiger partial charge in [-0.2, -0.15) is 0 Å². The Morgan fingerprint density at radius 1 is 1.07 bits per heavy atom. The van der Waals surface area contributed by atoms with E-state index in [1.54, 1.807) is 12.4 Å². The van der Waals surface area contributed by atoms with Crippen molar-refractivity contribution >= 4 is 23.2 Å². The minimum atomic E-state index is 0.0337. The first-order valence-electron chi connectivity index (χ1n) is 9.19. The van der Waals surface area contributed by atoms with Crippen molar-refractivity contribution in [2.45, 2.75) is 19.8 Å². The van der Waals surface area contributed by atoms with Gasteiger partial charge < -0.3 is 4.90 Å². The lowest BCUT2D eigenvalue weighted by Gasteiger charge is -2.19. The lowest BCUT2D eigenvalue weighted by atomic mass is 9.98. The average Bonchev–Trinajstić information content (AvgIpc) is 3.04. The highest BCUT2D eigenvalue weighted by Gasteiger charge is 2.32. The van der Waals surface area contributed by atoms with Gasteiger partial charge in [-0.25, -0.2) is 0 Å². The predicted octanol–water partition coefficient (Wildman–Crippen LogP) is 5.31. The summed E-state index contributed by atoms with van der Waals surface area (Å²) in [5.74, 6) is 0.243. The highest BCUT2D eigenvalue weighted by atomic mass is 35.5. The molecular formula is C23H21ClN2O. The third-order valence-electron chi connectivity index (χ3n) is 5.22. The Morgan fingerprint density at radius 3 is 2.52 bits per heavy atom. The highest BCUT2D eigenvalue weighted by molar-refractivity contribution is 6.30. The molecule has 4 heteroatoms. The molecule has 0 bridgehead atoms. The first-order valence-corrected chi connectivity index (χ1v) is 9.56. The summed E-state index contributed by atoms with van der Waals surface area (Å²) in [5, 5.41) is 0.725.